The summed E-state index contributed by atoms with van der Waals surface area (Å²) in [5, 5.41) is 17.2. The first-order valence-corrected chi connectivity index (χ1v) is 10.2. The van der Waals surface area contributed by atoms with Crippen molar-refractivity contribution in [3.05, 3.63) is 64.3 Å². The van der Waals surface area contributed by atoms with Crippen LogP contribution in [0.2, 0.25) is 0 Å². The summed E-state index contributed by atoms with van der Waals surface area (Å²) in [5.41, 5.74) is 1.08. The molecule has 0 aliphatic heterocycles. The summed E-state index contributed by atoms with van der Waals surface area (Å²) in [6.45, 7) is 0. The minimum absolute atomic E-state index is 0.00249. The van der Waals surface area contributed by atoms with Crippen molar-refractivity contribution in [2.45, 2.75) is 49.5 Å². The summed E-state index contributed by atoms with van der Waals surface area (Å²) in [5.74, 6) is 1.71. The number of nitrogens with one attached hydrogen (secondary N) is 2. The number of rotatable bonds is 4. The number of nitro groups is 1. The molecule has 0 radical (unpaired) electrons. The number of aromatic nitrogens is 1. The number of benzene rings is 1. The quantitative estimate of drug-likeness (QED) is 0.595. The molecule has 6 rings (SSSR count). The summed E-state index contributed by atoms with van der Waals surface area (Å²) < 4.78 is 0. The van der Waals surface area contributed by atoms with Gasteiger partial charge in [0.2, 0.25) is 0 Å². The Balaban J connectivity index is 1.39. The topological polar surface area (TPSA) is 97.2 Å². The molecule has 7 heteroatoms. The lowest BCUT2D eigenvalue weighted by atomic mass is 9.45. The number of pyridine rings is 1. The highest BCUT2D eigenvalue weighted by atomic mass is 16.6. The maximum Gasteiger partial charge on any atom is 0.320 e. The van der Waals surface area contributed by atoms with Gasteiger partial charge in [0.15, 0.2) is 0 Å². The lowest BCUT2D eigenvalue weighted by Gasteiger charge is -2.62. The Morgan fingerprint density at radius 1 is 1.07 bits per heavy atom. The number of amides is 2. The van der Waals surface area contributed by atoms with Gasteiger partial charge in [0.05, 0.1) is 4.92 Å². The fourth-order valence-electron chi connectivity index (χ4n) is 6.51. The van der Waals surface area contributed by atoms with Gasteiger partial charge in [0.1, 0.15) is 5.82 Å². The van der Waals surface area contributed by atoms with Crippen LogP contribution in [-0.4, -0.2) is 21.5 Å². The second-order valence-electron chi connectivity index (χ2n) is 9.12. The molecule has 4 saturated carbocycles. The Morgan fingerprint density at radius 3 is 2.41 bits per heavy atom. The molecule has 4 bridgehead atoms. The van der Waals surface area contributed by atoms with Gasteiger partial charge in [0, 0.05) is 23.9 Å². The molecule has 7 nitrogen and oxygen atoms in total. The number of carbonyl (C=O) groups is 1. The molecule has 1 aromatic carbocycles. The number of carbonyl (C=O) groups excluding carboxylic acids is 1. The minimum Gasteiger partial charge on any atom is -0.332 e. The van der Waals surface area contributed by atoms with Crippen molar-refractivity contribution >= 4 is 17.5 Å². The summed E-state index contributed by atoms with van der Waals surface area (Å²) >= 11 is 0. The second-order valence-corrected chi connectivity index (χ2v) is 9.12. The standard InChI is InChI=1S/C22H24N4O3/c27-20(24-19-3-1-2-8-23-19)25-22-12-15-9-16(13-22)11-21(10-15,14-22)17-4-6-18(7-5-17)26(28)29/h1-8,15-16H,9-14H2,(H2,23,24,25,27)/t15-,16+,21?,22?. The van der Waals surface area contributed by atoms with Crippen molar-refractivity contribution in [3.8, 4) is 0 Å². The number of hydrogen-bond acceptors (Lipinski definition) is 4. The molecule has 0 saturated heterocycles. The highest BCUT2D eigenvalue weighted by Gasteiger charge is 2.58. The van der Waals surface area contributed by atoms with Gasteiger partial charge < -0.3 is 5.32 Å². The summed E-state index contributed by atoms with van der Waals surface area (Å²) in [6, 6.07) is 12.3. The van der Waals surface area contributed by atoms with E-state index in [2.05, 4.69) is 15.6 Å². The van der Waals surface area contributed by atoms with Gasteiger partial charge in [-0.25, -0.2) is 9.78 Å². The maximum atomic E-state index is 12.7. The van der Waals surface area contributed by atoms with Gasteiger partial charge in [-0.15, -0.1) is 0 Å². The molecule has 4 fully saturated rings. The van der Waals surface area contributed by atoms with E-state index in [1.54, 1.807) is 24.4 Å². The van der Waals surface area contributed by atoms with Crippen LogP contribution in [0.15, 0.2) is 48.7 Å². The smallest absolute Gasteiger partial charge is 0.320 e. The third-order valence-electron chi connectivity index (χ3n) is 7.04. The van der Waals surface area contributed by atoms with Crippen molar-refractivity contribution in [1.29, 1.82) is 0 Å². The molecule has 1 aromatic heterocycles. The molecule has 2 amide bonds. The average Bonchev–Trinajstić information content (AvgIpc) is 2.67. The maximum absolute atomic E-state index is 12.7. The van der Waals surface area contributed by atoms with Gasteiger partial charge in [-0.05, 0) is 73.5 Å². The Kier molecular flexibility index (Phi) is 4.08. The van der Waals surface area contributed by atoms with E-state index in [0.717, 1.165) is 32.1 Å². The molecule has 2 aromatic rings. The summed E-state index contributed by atoms with van der Waals surface area (Å²) in [4.78, 5) is 27.6. The van der Waals surface area contributed by atoms with E-state index < -0.39 is 0 Å². The van der Waals surface area contributed by atoms with Gasteiger partial charge in [-0.3, -0.25) is 15.4 Å². The van der Waals surface area contributed by atoms with Gasteiger partial charge in [-0.2, -0.15) is 0 Å². The van der Waals surface area contributed by atoms with Crippen LogP contribution >= 0.6 is 0 Å². The number of nitrogens with zero attached hydrogens (tertiary/aromatic N) is 2. The van der Waals surface area contributed by atoms with Gasteiger partial charge >= 0.3 is 6.03 Å². The van der Waals surface area contributed by atoms with E-state index in [-0.39, 0.29) is 27.6 Å². The van der Waals surface area contributed by atoms with Crippen LogP contribution in [-0.2, 0) is 5.41 Å². The molecule has 4 aliphatic rings. The first kappa shape index (κ1) is 18.1. The third-order valence-corrected chi connectivity index (χ3v) is 7.04. The molecule has 29 heavy (non-hydrogen) atoms. The fourth-order valence-corrected chi connectivity index (χ4v) is 6.51. The second kappa shape index (κ2) is 6.54. The van der Waals surface area contributed by atoms with Crippen LogP contribution < -0.4 is 10.6 Å². The van der Waals surface area contributed by atoms with Crippen LogP contribution in [0.5, 0.6) is 0 Å². The zero-order valence-corrected chi connectivity index (χ0v) is 16.1. The van der Waals surface area contributed by atoms with Gasteiger partial charge in [-0.1, -0.05) is 18.2 Å². The van der Waals surface area contributed by atoms with Crippen LogP contribution in [0, 0.1) is 22.0 Å². The van der Waals surface area contributed by atoms with Crippen molar-refractivity contribution in [3.63, 3.8) is 0 Å². The fraction of sp³-hybridized carbons (Fsp3) is 0.455. The lowest BCUT2D eigenvalue weighted by molar-refractivity contribution is -0.384. The predicted octanol–water partition coefficient (Wildman–Crippen LogP) is 4.40. The number of nitro benzene ring substituents is 1. The summed E-state index contributed by atoms with van der Waals surface area (Å²) in [6.07, 6.45) is 7.99. The van der Waals surface area contributed by atoms with Crippen LogP contribution in [0.25, 0.3) is 0 Å². The van der Waals surface area contributed by atoms with Crippen molar-refractivity contribution < 1.29 is 9.72 Å². The molecular formula is C22H24N4O3. The normalized spacial score (nSPS) is 32.0. The van der Waals surface area contributed by atoms with Crippen molar-refractivity contribution in [2.24, 2.45) is 11.8 Å². The Hall–Kier alpha value is -2.96. The van der Waals surface area contributed by atoms with E-state index in [1.807, 2.05) is 24.3 Å². The zero-order valence-electron chi connectivity index (χ0n) is 16.1. The Bertz CT molecular complexity index is 930. The third kappa shape index (κ3) is 3.24. The molecular weight excluding hydrogens is 368 g/mol. The Morgan fingerprint density at radius 2 is 1.79 bits per heavy atom. The number of non-ortho nitro benzene ring substituents is 1. The highest BCUT2D eigenvalue weighted by Crippen LogP contribution is 2.62. The minimum atomic E-state index is -0.353. The molecule has 0 spiro atoms. The largest absolute Gasteiger partial charge is 0.332 e. The summed E-state index contributed by atoms with van der Waals surface area (Å²) in [7, 11) is 0. The van der Waals surface area contributed by atoms with E-state index in [9.17, 15) is 14.9 Å². The molecule has 2 N–H and O–H groups in total. The SMILES string of the molecule is O=C(Nc1ccccn1)NC12C[C@H]3C[C@@H](C1)CC(c1ccc([N+](=O)[O-])cc1)(C3)C2. The molecule has 150 valence electrons. The van der Waals surface area contributed by atoms with Crippen LogP contribution in [0.4, 0.5) is 16.3 Å². The van der Waals surface area contributed by atoms with Crippen LogP contribution in [0.1, 0.15) is 44.1 Å². The Labute approximate surface area is 169 Å². The average molecular weight is 392 g/mol. The zero-order chi connectivity index (χ0) is 20.1. The van der Waals surface area contributed by atoms with E-state index in [4.69, 9.17) is 0 Å². The highest BCUT2D eigenvalue weighted by molar-refractivity contribution is 5.88. The number of urea groups is 1. The first-order valence-electron chi connectivity index (χ1n) is 10.2. The van der Waals surface area contributed by atoms with Crippen molar-refractivity contribution in [1.82, 2.24) is 10.3 Å². The first-order chi connectivity index (χ1) is 14.0. The van der Waals surface area contributed by atoms with E-state index in [1.165, 1.54) is 12.0 Å². The number of hydrogen-bond donors (Lipinski definition) is 2. The number of anilines is 1. The van der Waals surface area contributed by atoms with E-state index >= 15 is 0 Å². The predicted molar refractivity (Wildman–Crippen MR) is 109 cm³/mol. The molecule has 2 unspecified atom stereocenters. The van der Waals surface area contributed by atoms with E-state index in [0.29, 0.717) is 17.7 Å². The molecule has 4 atom stereocenters. The lowest BCUT2D eigenvalue weighted by Crippen LogP contribution is -2.64. The van der Waals surface area contributed by atoms with Crippen molar-refractivity contribution in [2.75, 3.05) is 5.32 Å². The van der Waals surface area contributed by atoms with Crippen LogP contribution in [0.3, 0.4) is 0 Å². The molecule has 4 aliphatic carbocycles. The van der Waals surface area contributed by atoms with Gasteiger partial charge in [0.25, 0.3) is 5.69 Å². The molecule has 1 heterocycles. The monoisotopic (exact) mass is 392 g/mol.